The van der Waals surface area contributed by atoms with Gasteiger partial charge in [0.1, 0.15) is 5.65 Å². The van der Waals surface area contributed by atoms with Crippen molar-refractivity contribution in [2.75, 3.05) is 11.9 Å². The fourth-order valence-corrected chi connectivity index (χ4v) is 1.49. The Balaban J connectivity index is 2.72. The molecule has 2 heterocycles. The molecule has 0 bridgehead atoms. The molecule has 0 spiro atoms. The zero-order valence-electron chi connectivity index (χ0n) is 9.61. The monoisotopic (exact) mass is 218 g/mol. The lowest BCUT2D eigenvalue weighted by atomic mass is 10.2. The molecule has 2 aromatic rings. The number of nitrogens with zero attached hydrogens (tertiary/aromatic N) is 3. The smallest absolute Gasteiger partial charge is 0.354 e. The van der Waals surface area contributed by atoms with Gasteiger partial charge in [-0.05, 0) is 38.0 Å². The first-order chi connectivity index (χ1) is 7.61. The average Bonchev–Trinajstić information content (AvgIpc) is 2.22. The largest absolute Gasteiger partial charge is 0.356 e. The van der Waals surface area contributed by atoms with Crippen LogP contribution in [0, 0.1) is 13.8 Å². The number of aryl methyl sites for hydroxylation is 2. The number of aromatic nitrogens is 3. The van der Waals surface area contributed by atoms with Gasteiger partial charge in [0.05, 0.1) is 0 Å². The first kappa shape index (κ1) is 10.6. The number of hydrogen-bond acceptors (Lipinski definition) is 4. The van der Waals surface area contributed by atoms with Gasteiger partial charge < -0.3 is 5.32 Å². The molecule has 0 atom stereocenters. The molecule has 0 unspecified atom stereocenters. The molecule has 0 aliphatic carbocycles. The molecule has 0 saturated carbocycles. The van der Waals surface area contributed by atoms with E-state index < -0.39 is 0 Å². The van der Waals surface area contributed by atoms with E-state index >= 15 is 0 Å². The maximum Gasteiger partial charge on any atom is 0.356 e. The lowest BCUT2D eigenvalue weighted by Crippen LogP contribution is -2.21. The van der Waals surface area contributed by atoms with Crippen molar-refractivity contribution in [2.45, 2.75) is 20.8 Å². The molecule has 0 amide bonds. The molecule has 5 nitrogen and oxygen atoms in total. The molecule has 16 heavy (non-hydrogen) atoms. The van der Waals surface area contributed by atoms with Gasteiger partial charge in [-0.15, -0.1) is 0 Å². The highest BCUT2D eigenvalue weighted by molar-refractivity contribution is 5.46. The standard InChI is InChI=1S/C11H14N4O/c1-4-12-10-13-9-5-7(2)8(3)6-15(9)11(16)14-10/h5-6H,4H2,1-3H3,(H,12,14,16). The molecule has 0 aromatic carbocycles. The summed E-state index contributed by atoms with van der Waals surface area (Å²) in [6, 6.07) is 1.89. The number of rotatable bonds is 2. The third-order valence-electron chi connectivity index (χ3n) is 2.50. The summed E-state index contributed by atoms with van der Waals surface area (Å²) >= 11 is 0. The summed E-state index contributed by atoms with van der Waals surface area (Å²) in [7, 11) is 0. The Morgan fingerprint density at radius 2 is 2.06 bits per heavy atom. The summed E-state index contributed by atoms with van der Waals surface area (Å²) in [4.78, 5) is 19.8. The summed E-state index contributed by atoms with van der Waals surface area (Å²) in [5, 5.41) is 2.94. The minimum atomic E-state index is -0.302. The number of anilines is 1. The van der Waals surface area contributed by atoms with Crippen molar-refractivity contribution in [1.82, 2.24) is 14.4 Å². The fraction of sp³-hybridized carbons (Fsp3) is 0.364. The Morgan fingerprint density at radius 3 is 2.75 bits per heavy atom. The van der Waals surface area contributed by atoms with Gasteiger partial charge in [0, 0.05) is 12.7 Å². The van der Waals surface area contributed by atoms with Crippen LogP contribution >= 0.6 is 0 Å². The van der Waals surface area contributed by atoms with Gasteiger partial charge in [-0.2, -0.15) is 9.97 Å². The molecule has 2 aromatic heterocycles. The van der Waals surface area contributed by atoms with Crippen LogP contribution in [0.4, 0.5) is 5.95 Å². The van der Waals surface area contributed by atoms with E-state index in [1.807, 2.05) is 26.8 Å². The molecule has 0 radical (unpaired) electrons. The van der Waals surface area contributed by atoms with E-state index in [0.717, 1.165) is 11.1 Å². The number of nitrogens with one attached hydrogen (secondary N) is 1. The van der Waals surface area contributed by atoms with Crippen molar-refractivity contribution in [3.63, 3.8) is 0 Å². The Labute approximate surface area is 93.2 Å². The van der Waals surface area contributed by atoms with Crippen LogP contribution in [0.15, 0.2) is 17.1 Å². The molecule has 5 heteroatoms. The van der Waals surface area contributed by atoms with E-state index in [4.69, 9.17) is 0 Å². The van der Waals surface area contributed by atoms with E-state index in [-0.39, 0.29) is 5.69 Å². The van der Waals surface area contributed by atoms with Gasteiger partial charge in [-0.3, -0.25) is 4.40 Å². The van der Waals surface area contributed by atoms with Gasteiger partial charge in [-0.25, -0.2) is 4.79 Å². The number of pyridine rings is 1. The third-order valence-corrected chi connectivity index (χ3v) is 2.50. The van der Waals surface area contributed by atoms with Crippen LogP contribution in [-0.4, -0.2) is 20.9 Å². The highest BCUT2D eigenvalue weighted by Crippen LogP contribution is 2.08. The summed E-state index contributed by atoms with van der Waals surface area (Å²) in [5.41, 5.74) is 2.48. The molecule has 0 fully saturated rings. The van der Waals surface area contributed by atoms with Crippen molar-refractivity contribution in [3.8, 4) is 0 Å². The average molecular weight is 218 g/mol. The van der Waals surface area contributed by atoms with Gasteiger partial charge in [0.15, 0.2) is 0 Å². The molecule has 1 N–H and O–H groups in total. The Kier molecular flexibility index (Phi) is 2.60. The van der Waals surface area contributed by atoms with Crippen LogP contribution < -0.4 is 11.0 Å². The first-order valence-corrected chi connectivity index (χ1v) is 5.23. The number of hydrogen-bond donors (Lipinski definition) is 1. The quantitative estimate of drug-likeness (QED) is 0.821. The van der Waals surface area contributed by atoms with E-state index in [0.29, 0.717) is 18.1 Å². The highest BCUT2D eigenvalue weighted by atomic mass is 16.1. The maximum absolute atomic E-state index is 11.7. The minimum absolute atomic E-state index is 0.302. The Hall–Kier alpha value is -1.91. The SMILES string of the molecule is CCNc1nc(=O)n2cc(C)c(C)cc2n1. The lowest BCUT2D eigenvalue weighted by Gasteiger charge is -2.06. The van der Waals surface area contributed by atoms with Crippen LogP contribution in [0.1, 0.15) is 18.1 Å². The predicted molar refractivity (Wildman–Crippen MR) is 62.9 cm³/mol. The molecule has 84 valence electrons. The van der Waals surface area contributed by atoms with Crippen molar-refractivity contribution >= 4 is 11.6 Å². The maximum atomic E-state index is 11.7. The van der Waals surface area contributed by atoms with Gasteiger partial charge in [0.25, 0.3) is 0 Å². The van der Waals surface area contributed by atoms with Crippen molar-refractivity contribution in [3.05, 3.63) is 33.9 Å². The van der Waals surface area contributed by atoms with Gasteiger partial charge >= 0.3 is 5.69 Å². The van der Waals surface area contributed by atoms with Crippen LogP contribution in [0.2, 0.25) is 0 Å². The van der Waals surface area contributed by atoms with Crippen molar-refractivity contribution in [2.24, 2.45) is 0 Å². The second kappa shape index (κ2) is 3.92. The molecule has 0 saturated heterocycles. The molecular formula is C11H14N4O. The van der Waals surface area contributed by atoms with E-state index in [1.165, 1.54) is 4.40 Å². The lowest BCUT2D eigenvalue weighted by molar-refractivity contribution is 0.924. The van der Waals surface area contributed by atoms with Crippen LogP contribution in [-0.2, 0) is 0 Å². The summed E-state index contributed by atoms with van der Waals surface area (Å²) in [5.74, 6) is 0.385. The predicted octanol–water partition coefficient (Wildman–Crippen LogP) is 1.14. The van der Waals surface area contributed by atoms with Crippen LogP contribution in [0.25, 0.3) is 5.65 Å². The second-order valence-electron chi connectivity index (χ2n) is 3.73. The van der Waals surface area contributed by atoms with Crippen molar-refractivity contribution in [1.29, 1.82) is 0 Å². The summed E-state index contributed by atoms with van der Waals surface area (Å²) in [6.45, 7) is 6.58. The number of fused-ring (bicyclic) bond motifs is 1. The van der Waals surface area contributed by atoms with Crippen LogP contribution in [0.3, 0.4) is 0 Å². The highest BCUT2D eigenvalue weighted by Gasteiger charge is 2.04. The normalized spacial score (nSPS) is 10.7. The summed E-state index contributed by atoms with van der Waals surface area (Å²) in [6.07, 6.45) is 1.77. The van der Waals surface area contributed by atoms with E-state index in [2.05, 4.69) is 15.3 Å². The summed E-state index contributed by atoms with van der Waals surface area (Å²) < 4.78 is 1.46. The fourth-order valence-electron chi connectivity index (χ4n) is 1.49. The van der Waals surface area contributed by atoms with Crippen LogP contribution in [0.5, 0.6) is 0 Å². The zero-order valence-corrected chi connectivity index (χ0v) is 9.61. The molecule has 0 aliphatic rings. The molecule has 2 rings (SSSR count). The second-order valence-corrected chi connectivity index (χ2v) is 3.73. The van der Waals surface area contributed by atoms with E-state index in [1.54, 1.807) is 6.20 Å². The molecule has 0 aliphatic heterocycles. The topological polar surface area (TPSA) is 59.3 Å². The molecular weight excluding hydrogens is 204 g/mol. The third kappa shape index (κ3) is 1.76. The van der Waals surface area contributed by atoms with Gasteiger partial charge in [-0.1, -0.05) is 0 Å². The van der Waals surface area contributed by atoms with Crippen molar-refractivity contribution < 1.29 is 0 Å². The van der Waals surface area contributed by atoms with Gasteiger partial charge in [0.2, 0.25) is 5.95 Å². The first-order valence-electron chi connectivity index (χ1n) is 5.23. The zero-order chi connectivity index (χ0) is 11.7. The van der Waals surface area contributed by atoms with E-state index in [9.17, 15) is 4.79 Å². The Morgan fingerprint density at radius 1 is 1.31 bits per heavy atom. The minimum Gasteiger partial charge on any atom is -0.354 e. The Bertz CT molecular complexity index is 588.